The number of aliphatic hydroxyl groups excluding tert-OH is 2. The van der Waals surface area contributed by atoms with Crippen molar-refractivity contribution >= 4 is 16.9 Å². The van der Waals surface area contributed by atoms with E-state index in [-0.39, 0.29) is 42.8 Å². The lowest BCUT2D eigenvalue weighted by atomic mass is 10.1. The Morgan fingerprint density at radius 1 is 1.27 bits per heavy atom. The number of aliphatic hydroxyl groups is 2. The largest absolute Gasteiger partial charge is 0.394 e. The van der Waals surface area contributed by atoms with Crippen molar-refractivity contribution in [2.75, 3.05) is 13.2 Å². The highest BCUT2D eigenvalue weighted by atomic mass is 16.7. The zero-order valence-electron chi connectivity index (χ0n) is 22.0. The Balaban J connectivity index is 1.22. The molecule has 0 radical (unpaired) electrons. The minimum Gasteiger partial charge on any atom is -0.394 e. The van der Waals surface area contributed by atoms with Gasteiger partial charge < -0.3 is 25.1 Å². The first-order valence-corrected chi connectivity index (χ1v) is 12.9. The molecule has 1 aliphatic heterocycles. The van der Waals surface area contributed by atoms with E-state index >= 15 is 0 Å². The number of carbonyl (C=O) groups excluding carboxylic acids is 1. The summed E-state index contributed by atoms with van der Waals surface area (Å²) in [6.45, 7) is 1.35. The monoisotopic (exact) mass is 561 g/mol. The minimum absolute atomic E-state index is 0.0282. The Hall–Kier alpha value is -4.84. The van der Waals surface area contributed by atoms with E-state index < -0.39 is 42.2 Å². The van der Waals surface area contributed by atoms with Gasteiger partial charge in [-0.2, -0.15) is 5.26 Å². The van der Waals surface area contributed by atoms with Gasteiger partial charge in [-0.3, -0.25) is 18.7 Å². The van der Waals surface area contributed by atoms with Gasteiger partial charge in [0, 0.05) is 36.8 Å². The van der Waals surface area contributed by atoms with Crippen LogP contribution in [0.4, 0.5) is 0 Å². The first-order valence-electron chi connectivity index (χ1n) is 12.9. The molecule has 4 aromatic rings. The van der Waals surface area contributed by atoms with Crippen LogP contribution in [0.2, 0.25) is 0 Å². The first kappa shape index (κ1) is 27.7. The summed E-state index contributed by atoms with van der Waals surface area (Å²) in [5.74, 6) is -0.254. The Morgan fingerprint density at radius 2 is 2.07 bits per heavy atom. The normalized spacial score (nSPS) is 18.3. The maximum atomic E-state index is 13.0. The molecular formula is C27H27N7O7. The third kappa shape index (κ3) is 5.59. The molecule has 212 valence electrons. The highest BCUT2D eigenvalue weighted by molar-refractivity contribution is 5.94. The summed E-state index contributed by atoms with van der Waals surface area (Å²) >= 11 is 0. The smallest absolute Gasteiger partial charge is 0.333 e. The van der Waals surface area contributed by atoms with E-state index in [1.807, 2.05) is 12.1 Å². The quantitative estimate of drug-likeness (QED) is 0.239. The molecule has 1 aliphatic rings. The second-order valence-electron chi connectivity index (χ2n) is 9.55. The molecule has 3 N–H and O–H groups in total. The minimum atomic E-state index is -0.933. The molecule has 1 saturated heterocycles. The van der Waals surface area contributed by atoms with Crippen molar-refractivity contribution in [3.63, 3.8) is 0 Å². The van der Waals surface area contributed by atoms with Crippen molar-refractivity contribution < 1.29 is 24.6 Å². The van der Waals surface area contributed by atoms with Gasteiger partial charge in [-0.1, -0.05) is 17.0 Å². The molecule has 14 nitrogen and oxygen atoms in total. The molecule has 5 rings (SSSR count). The number of amides is 1. The number of hydrogen-bond donors (Lipinski definition) is 3. The zero-order chi connectivity index (χ0) is 29.1. The average Bonchev–Trinajstić information content (AvgIpc) is 3.57. The molecule has 0 bridgehead atoms. The van der Waals surface area contributed by atoms with E-state index in [0.717, 1.165) is 4.57 Å². The maximum absolute atomic E-state index is 13.0. The molecule has 41 heavy (non-hydrogen) atoms. The number of nitriles is 1. The summed E-state index contributed by atoms with van der Waals surface area (Å²) < 4.78 is 7.86. The van der Waals surface area contributed by atoms with Crippen molar-refractivity contribution in [2.24, 2.45) is 0 Å². The third-order valence-corrected chi connectivity index (χ3v) is 6.77. The molecule has 2 aromatic carbocycles. The van der Waals surface area contributed by atoms with Crippen LogP contribution >= 0.6 is 0 Å². The highest BCUT2D eigenvalue weighted by Crippen LogP contribution is 2.27. The van der Waals surface area contributed by atoms with Crippen LogP contribution in [-0.4, -0.2) is 65.8 Å². The van der Waals surface area contributed by atoms with Crippen LogP contribution in [0.5, 0.6) is 5.75 Å². The Morgan fingerprint density at radius 3 is 2.83 bits per heavy atom. The fraction of sp³-hybridized carbons (Fsp3) is 0.333. The summed E-state index contributed by atoms with van der Waals surface area (Å²) in [5, 5.41) is 39.6. The standard InChI is InChI=1S/C27H27N7O7/c1-16-14-33(24-12-21(36)23(15-35)40-24)27(39)32(26(16)38)10-4-9-29-25(37)17-7-8-22(18(11-17)13-28)41-34-20-6-3-2-5-19(20)30-31-34/h2-3,5-8,11,14,21,23-24,35-36H,4,9-10,12,15H2,1H3,(H,29,37)/t21-,23?,24+/m0/s1. The third-order valence-electron chi connectivity index (χ3n) is 6.77. The number of aryl methyl sites for hydroxylation is 1. The fourth-order valence-electron chi connectivity index (χ4n) is 4.60. The molecule has 2 aromatic heterocycles. The van der Waals surface area contributed by atoms with E-state index in [1.54, 1.807) is 25.1 Å². The van der Waals surface area contributed by atoms with E-state index in [0.29, 0.717) is 16.6 Å². The van der Waals surface area contributed by atoms with Crippen LogP contribution in [0.15, 0.2) is 58.3 Å². The number of aromatic nitrogens is 5. The first-order chi connectivity index (χ1) is 19.8. The van der Waals surface area contributed by atoms with E-state index in [2.05, 4.69) is 15.6 Å². The van der Waals surface area contributed by atoms with Crippen molar-refractivity contribution in [2.45, 2.75) is 44.7 Å². The number of para-hydroxylation sites is 1. The van der Waals surface area contributed by atoms with Crippen LogP contribution in [-0.2, 0) is 11.3 Å². The van der Waals surface area contributed by atoms with Gasteiger partial charge in [0.05, 0.1) is 18.3 Å². The van der Waals surface area contributed by atoms with Gasteiger partial charge in [0.1, 0.15) is 29.4 Å². The summed E-state index contributed by atoms with van der Waals surface area (Å²) in [6, 6.07) is 13.6. The molecule has 0 saturated carbocycles. The van der Waals surface area contributed by atoms with Gasteiger partial charge in [-0.15, -0.1) is 5.10 Å². The number of nitrogens with one attached hydrogen (secondary N) is 1. The van der Waals surface area contributed by atoms with Crippen molar-refractivity contribution in [1.29, 1.82) is 5.26 Å². The Kier molecular flexibility index (Phi) is 7.92. The highest BCUT2D eigenvalue weighted by Gasteiger charge is 2.35. The number of ether oxygens (including phenoxy) is 1. The van der Waals surface area contributed by atoms with Gasteiger partial charge in [-0.05, 0) is 48.9 Å². The molecule has 14 heteroatoms. The molecule has 3 heterocycles. The van der Waals surface area contributed by atoms with Crippen molar-refractivity contribution in [3.8, 4) is 11.8 Å². The molecule has 1 amide bonds. The van der Waals surface area contributed by atoms with Gasteiger partial charge in [0.25, 0.3) is 11.5 Å². The summed E-state index contributed by atoms with van der Waals surface area (Å²) in [4.78, 5) is 45.4. The molecular weight excluding hydrogens is 534 g/mol. The van der Waals surface area contributed by atoms with Crippen LogP contribution in [0.25, 0.3) is 11.0 Å². The lowest BCUT2D eigenvalue weighted by Crippen LogP contribution is -2.42. The van der Waals surface area contributed by atoms with Gasteiger partial charge in [-0.25, -0.2) is 4.79 Å². The maximum Gasteiger partial charge on any atom is 0.333 e. The van der Waals surface area contributed by atoms with Crippen molar-refractivity contribution in [1.82, 2.24) is 29.6 Å². The summed E-state index contributed by atoms with van der Waals surface area (Å²) in [6.07, 6.45) is -0.813. The van der Waals surface area contributed by atoms with Gasteiger partial charge in [0.2, 0.25) is 0 Å². The van der Waals surface area contributed by atoms with Crippen molar-refractivity contribution in [3.05, 3.63) is 86.2 Å². The summed E-state index contributed by atoms with van der Waals surface area (Å²) in [7, 11) is 0. The lowest BCUT2D eigenvalue weighted by Gasteiger charge is -2.17. The number of hydrogen-bond acceptors (Lipinski definition) is 10. The van der Waals surface area contributed by atoms with Crippen LogP contribution in [0.1, 0.15) is 40.6 Å². The van der Waals surface area contributed by atoms with Gasteiger partial charge in [0.15, 0.2) is 5.75 Å². The SMILES string of the molecule is Cc1cn([C@H]2C[C@H](O)C(CO)O2)c(=O)n(CCCNC(=O)c2ccc(On3nnc4ccccc43)c(C#N)c2)c1=O. The molecule has 1 fully saturated rings. The van der Waals surface area contributed by atoms with E-state index in [9.17, 15) is 29.9 Å². The van der Waals surface area contributed by atoms with Crippen LogP contribution in [0.3, 0.4) is 0 Å². The molecule has 3 atom stereocenters. The summed E-state index contributed by atoms with van der Waals surface area (Å²) in [5.41, 5.74) is 0.801. The van der Waals surface area contributed by atoms with Gasteiger partial charge >= 0.3 is 5.69 Å². The number of nitrogens with zero attached hydrogens (tertiary/aromatic N) is 6. The number of benzene rings is 2. The second-order valence-corrected chi connectivity index (χ2v) is 9.55. The van der Waals surface area contributed by atoms with Crippen LogP contribution in [0, 0.1) is 18.3 Å². The van der Waals surface area contributed by atoms with E-state index in [4.69, 9.17) is 9.57 Å². The predicted molar refractivity (Wildman–Crippen MR) is 143 cm³/mol. The average molecular weight is 562 g/mol. The lowest BCUT2D eigenvalue weighted by molar-refractivity contribution is -0.0464. The molecule has 0 aliphatic carbocycles. The zero-order valence-corrected chi connectivity index (χ0v) is 22.0. The number of rotatable bonds is 9. The topological polar surface area (TPSA) is 187 Å². The van der Waals surface area contributed by atoms with E-state index in [1.165, 1.54) is 33.8 Å². The second kappa shape index (κ2) is 11.7. The predicted octanol–water partition coefficient (Wildman–Crippen LogP) is 0.238. The molecule has 1 unspecified atom stereocenters. The number of fused-ring (bicyclic) bond motifs is 1. The Bertz CT molecular complexity index is 1750. The van der Waals surface area contributed by atoms with Crippen LogP contribution < -0.4 is 21.4 Å². The Labute approximate surface area is 232 Å². The fourth-order valence-corrected chi connectivity index (χ4v) is 4.60. The molecule has 0 spiro atoms. The number of carbonyl (C=O) groups is 1.